The van der Waals surface area contributed by atoms with Crippen molar-refractivity contribution in [3.63, 3.8) is 0 Å². The van der Waals surface area contributed by atoms with Crippen LogP contribution in [0.2, 0.25) is 0 Å². The van der Waals surface area contributed by atoms with Gasteiger partial charge in [0.1, 0.15) is 12.4 Å². The van der Waals surface area contributed by atoms with Gasteiger partial charge in [-0.15, -0.1) is 0 Å². The maximum absolute atomic E-state index is 14.5. The molecule has 1 fully saturated rings. The van der Waals surface area contributed by atoms with Gasteiger partial charge in [0.05, 0.1) is 18.4 Å². The van der Waals surface area contributed by atoms with Gasteiger partial charge in [-0.05, 0) is 36.6 Å². The van der Waals surface area contributed by atoms with Gasteiger partial charge in [0.2, 0.25) is 12.7 Å². The van der Waals surface area contributed by atoms with Crippen LogP contribution in [0.5, 0.6) is 11.5 Å². The normalized spacial score (nSPS) is 18.7. The molecule has 2 aliphatic heterocycles. The van der Waals surface area contributed by atoms with E-state index in [-0.39, 0.29) is 31.1 Å². The minimum absolute atomic E-state index is 0.0228. The quantitative estimate of drug-likeness (QED) is 0.596. The number of hydrazone groups is 1. The highest BCUT2D eigenvalue weighted by molar-refractivity contribution is 6.03. The zero-order chi connectivity index (χ0) is 23.7. The van der Waals surface area contributed by atoms with Crippen LogP contribution in [0.4, 0.5) is 4.39 Å². The lowest BCUT2D eigenvalue weighted by Gasteiger charge is -2.27. The summed E-state index contributed by atoms with van der Waals surface area (Å²) < 4.78 is 30.6. The molecule has 0 radical (unpaired) electrons. The summed E-state index contributed by atoms with van der Waals surface area (Å²) in [5, 5.41) is 5.92. The van der Waals surface area contributed by atoms with Crippen LogP contribution in [0.15, 0.2) is 47.6 Å². The molecule has 5 rings (SSSR count). The molecule has 0 saturated heterocycles. The van der Waals surface area contributed by atoms with Gasteiger partial charge in [-0.1, -0.05) is 24.3 Å². The fourth-order valence-electron chi connectivity index (χ4n) is 4.27. The van der Waals surface area contributed by atoms with Crippen molar-refractivity contribution >= 4 is 17.5 Å². The summed E-state index contributed by atoms with van der Waals surface area (Å²) >= 11 is 0. The lowest BCUT2D eigenvalue weighted by Crippen LogP contribution is -2.43. The molecule has 0 aromatic heterocycles. The van der Waals surface area contributed by atoms with E-state index in [1.165, 1.54) is 16.0 Å². The summed E-state index contributed by atoms with van der Waals surface area (Å²) in [6.45, 7) is 0.680. The van der Waals surface area contributed by atoms with Crippen LogP contribution >= 0.6 is 0 Å². The zero-order valence-electron chi connectivity index (χ0n) is 18.9. The molecular formula is C25H26FN3O5. The predicted octanol–water partition coefficient (Wildman–Crippen LogP) is 3.12. The first-order valence-corrected chi connectivity index (χ1v) is 11.4. The number of hydrogen-bond donors (Lipinski definition) is 0. The number of carbonyl (C=O) groups excluding carboxylic acids is 2. The van der Waals surface area contributed by atoms with Crippen molar-refractivity contribution in [2.24, 2.45) is 11.0 Å². The Labute approximate surface area is 196 Å². The Kier molecular flexibility index (Phi) is 6.19. The molecule has 2 aromatic rings. The van der Waals surface area contributed by atoms with E-state index in [0.29, 0.717) is 42.3 Å². The lowest BCUT2D eigenvalue weighted by molar-refractivity contribution is -0.142. The molecule has 3 aliphatic rings. The highest BCUT2D eigenvalue weighted by Gasteiger charge is 2.38. The van der Waals surface area contributed by atoms with E-state index in [1.54, 1.807) is 31.4 Å². The van der Waals surface area contributed by atoms with Crippen LogP contribution in [-0.4, -0.2) is 61.0 Å². The van der Waals surface area contributed by atoms with Gasteiger partial charge in [-0.2, -0.15) is 5.10 Å². The molecular weight excluding hydrogens is 441 g/mol. The van der Waals surface area contributed by atoms with E-state index in [0.717, 1.165) is 18.4 Å². The first-order chi connectivity index (χ1) is 16.5. The van der Waals surface area contributed by atoms with E-state index in [2.05, 4.69) is 5.10 Å². The summed E-state index contributed by atoms with van der Waals surface area (Å²) in [6, 6.07) is 11.4. The fraction of sp³-hybridized carbons (Fsp3) is 0.400. The average Bonchev–Trinajstić information content (AvgIpc) is 3.42. The second-order valence-corrected chi connectivity index (χ2v) is 8.62. The summed E-state index contributed by atoms with van der Waals surface area (Å²) in [6.07, 6.45) is 2.02. The van der Waals surface area contributed by atoms with Gasteiger partial charge in [-0.3, -0.25) is 9.59 Å². The van der Waals surface area contributed by atoms with E-state index in [1.807, 2.05) is 12.1 Å². The van der Waals surface area contributed by atoms with Crippen LogP contribution in [0.3, 0.4) is 0 Å². The van der Waals surface area contributed by atoms with Crippen LogP contribution in [0, 0.1) is 11.7 Å². The first-order valence-electron chi connectivity index (χ1n) is 11.4. The third-order valence-electron chi connectivity index (χ3n) is 6.26. The lowest BCUT2D eigenvalue weighted by atomic mass is 9.97. The highest BCUT2D eigenvalue weighted by atomic mass is 19.1. The molecule has 8 nitrogen and oxygen atoms in total. The van der Waals surface area contributed by atoms with E-state index < -0.39 is 11.9 Å². The standard InChI is InChI=1S/C25H26FN3O5/c1-32-11-10-28(25(31)16-6-7-16)14-24(30)29-21(17-8-9-22-23(12-17)34-15-33-22)13-20(27-29)18-4-2-3-5-19(18)26/h2-5,8-9,12,16,21H,6-7,10-11,13-15H2,1H3. The van der Waals surface area contributed by atoms with Crippen molar-refractivity contribution < 1.29 is 28.2 Å². The zero-order valence-corrected chi connectivity index (χ0v) is 18.9. The van der Waals surface area contributed by atoms with Gasteiger partial charge >= 0.3 is 0 Å². The number of halogens is 1. The van der Waals surface area contributed by atoms with Gasteiger partial charge < -0.3 is 19.1 Å². The number of benzene rings is 2. The Bertz CT molecular complexity index is 1130. The maximum atomic E-state index is 14.5. The van der Waals surface area contributed by atoms with Crippen LogP contribution in [-0.2, 0) is 14.3 Å². The monoisotopic (exact) mass is 467 g/mol. The molecule has 1 unspecified atom stereocenters. The number of methoxy groups -OCH3 is 1. The molecule has 178 valence electrons. The first kappa shape index (κ1) is 22.3. The van der Waals surface area contributed by atoms with Crippen molar-refractivity contribution in [2.75, 3.05) is 33.6 Å². The van der Waals surface area contributed by atoms with Crippen LogP contribution in [0.1, 0.15) is 36.4 Å². The number of ether oxygens (including phenoxy) is 3. The summed E-state index contributed by atoms with van der Waals surface area (Å²) in [7, 11) is 1.56. The Morgan fingerprint density at radius 2 is 1.97 bits per heavy atom. The van der Waals surface area contributed by atoms with Gasteiger partial charge in [0.25, 0.3) is 5.91 Å². The van der Waals surface area contributed by atoms with E-state index in [9.17, 15) is 14.0 Å². The van der Waals surface area contributed by atoms with Crippen molar-refractivity contribution in [2.45, 2.75) is 25.3 Å². The molecule has 2 heterocycles. The predicted molar refractivity (Wildman–Crippen MR) is 121 cm³/mol. The number of rotatable bonds is 8. The molecule has 1 saturated carbocycles. The largest absolute Gasteiger partial charge is 0.454 e. The number of hydrogen-bond acceptors (Lipinski definition) is 6. The number of nitrogens with zero attached hydrogens (tertiary/aromatic N) is 3. The molecule has 2 amide bonds. The number of fused-ring (bicyclic) bond motifs is 1. The second kappa shape index (κ2) is 9.42. The molecule has 2 aromatic carbocycles. The fourth-order valence-corrected chi connectivity index (χ4v) is 4.27. The molecule has 0 spiro atoms. The van der Waals surface area contributed by atoms with Crippen molar-refractivity contribution in [3.05, 3.63) is 59.4 Å². The van der Waals surface area contributed by atoms with Crippen LogP contribution in [0.25, 0.3) is 0 Å². The van der Waals surface area contributed by atoms with Gasteiger partial charge in [0, 0.05) is 31.6 Å². The highest BCUT2D eigenvalue weighted by Crippen LogP contribution is 2.39. The van der Waals surface area contributed by atoms with E-state index in [4.69, 9.17) is 14.2 Å². The Morgan fingerprint density at radius 1 is 1.18 bits per heavy atom. The van der Waals surface area contributed by atoms with Crippen molar-refractivity contribution in [1.29, 1.82) is 0 Å². The molecule has 9 heteroatoms. The Hall–Kier alpha value is -3.46. The van der Waals surface area contributed by atoms with Gasteiger partial charge in [0.15, 0.2) is 11.5 Å². The average molecular weight is 467 g/mol. The Balaban J connectivity index is 1.44. The summed E-state index contributed by atoms with van der Waals surface area (Å²) in [5.74, 6) is 0.433. The second-order valence-electron chi connectivity index (χ2n) is 8.62. The van der Waals surface area contributed by atoms with Gasteiger partial charge in [-0.25, -0.2) is 9.40 Å². The smallest absolute Gasteiger partial charge is 0.262 e. The maximum Gasteiger partial charge on any atom is 0.262 e. The van der Waals surface area contributed by atoms with Crippen LogP contribution < -0.4 is 9.47 Å². The minimum atomic E-state index is -0.461. The third-order valence-corrected chi connectivity index (χ3v) is 6.26. The molecule has 1 atom stereocenters. The summed E-state index contributed by atoms with van der Waals surface area (Å²) in [5.41, 5.74) is 1.63. The number of carbonyl (C=O) groups is 2. The topological polar surface area (TPSA) is 80.7 Å². The van der Waals surface area contributed by atoms with E-state index >= 15 is 0 Å². The summed E-state index contributed by atoms with van der Waals surface area (Å²) in [4.78, 5) is 27.8. The van der Waals surface area contributed by atoms with Crippen molar-refractivity contribution in [1.82, 2.24) is 9.91 Å². The third kappa shape index (κ3) is 4.48. The molecule has 1 aliphatic carbocycles. The molecule has 0 bridgehead atoms. The molecule has 34 heavy (non-hydrogen) atoms. The molecule has 0 N–H and O–H groups in total. The Morgan fingerprint density at radius 3 is 2.74 bits per heavy atom. The number of amides is 2. The SMILES string of the molecule is COCCN(CC(=O)N1N=C(c2ccccc2F)CC1c1ccc2c(c1)OCO2)C(=O)C1CC1. The minimum Gasteiger partial charge on any atom is -0.454 e. The van der Waals surface area contributed by atoms with Crippen molar-refractivity contribution in [3.8, 4) is 11.5 Å².